The van der Waals surface area contributed by atoms with E-state index in [0.29, 0.717) is 6.54 Å². The Morgan fingerprint density at radius 1 is 0.905 bits per heavy atom. The highest BCUT2D eigenvalue weighted by Crippen LogP contribution is 2.21. The Balaban J connectivity index is 1.62. The summed E-state index contributed by atoms with van der Waals surface area (Å²) in [4.78, 5) is 14.4. The van der Waals surface area contributed by atoms with Gasteiger partial charge in [0.1, 0.15) is 11.5 Å². The van der Waals surface area contributed by atoms with Crippen molar-refractivity contribution in [3.63, 3.8) is 0 Å². The number of Topliss-reactive ketones (excluding diaryl/α,β-unsaturated/α-hetero) is 1. The molecular formula is C18H19NO2. The summed E-state index contributed by atoms with van der Waals surface area (Å²) >= 11 is 0. The fraction of sp³-hybridized carbons (Fsp3) is 0.278. The molecule has 108 valence electrons. The summed E-state index contributed by atoms with van der Waals surface area (Å²) in [6.07, 6.45) is 2.41. The molecule has 1 aliphatic rings. The number of ketones is 1. The molecule has 0 aliphatic carbocycles. The molecule has 0 radical (unpaired) electrons. The maximum atomic E-state index is 12.2. The Morgan fingerprint density at radius 2 is 1.52 bits per heavy atom. The molecule has 0 unspecified atom stereocenters. The van der Waals surface area contributed by atoms with Crippen molar-refractivity contribution in [3.8, 4) is 11.5 Å². The van der Waals surface area contributed by atoms with Gasteiger partial charge in [-0.05, 0) is 62.3 Å². The van der Waals surface area contributed by atoms with Crippen molar-refractivity contribution in [1.82, 2.24) is 4.90 Å². The smallest absolute Gasteiger partial charge is 0.176 e. The number of rotatable bonds is 5. The lowest BCUT2D eigenvalue weighted by Gasteiger charge is -2.13. The van der Waals surface area contributed by atoms with E-state index in [1.54, 1.807) is 0 Å². The van der Waals surface area contributed by atoms with E-state index in [0.717, 1.165) is 30.2 Å². The first-order valence-corrected chi connectivity index (χ1v) is 7.40. The maximum absolute atomic E-state index is 12.2. The minimum absolute atomic E-state index is 0.183. The number of benzene rings is 2. The standard InChI is InChI=1S/C18H19NO2/c20-18(14-19-12-4-5-13-19)15-8-10-17(11-9-15)21-16-6-2-1-3-7-16/h1-3,6-11H,4-5,12-14H2. The molecule has 2 aromatic rings. The first-order valence-electron chi connectivity index (χ1n) is 7.40. The molecule has 0 atom stereocenters. The first kappa shape index (κ1) is 13.8. The SMILES string of the molecule is O=C(CN1CCCC1)c1ccc(Oc2ccccc2)cc1. The van der Waals surface area contributed by atoms with E-state index < -0.39 is 0 Å². The van der Waals surface area contributed by atoms with Gasteiger partial charge in [0, 0.05) is 5.56 Å². The maximum Gasteiger partial charge on any atom is 0.176 e. The van der Waals surface area contributed by atoms with E-state index in [9.17, 15) is 4.79 Å². The molecule has 2 aromatic carbocycles. The van der Waals surface area contributed by atoms with E-state index in [4.69, 9.17) is 4.74 Å². The van der Waals surface area contributed by atoms with Crippen molar-refractivity contribution in [2.45, 2.75) is 12.8 Å². The van der Waals surface area contributed by atoms with Gasteiger partial charge in [-0.3, -0.25) is 9.69 Å². The third-order valence-corrected chi connectivity index (χ3v) is 3.72. The minimum atomic E-state index is 0.183. The van der Waals surface area contributed by atoms with E-state index in [1.165, 1.54) is 12.8 Å². The number of nitrogens with zero attached hydrogens (tertiary/aromatic N) is 1. The molecule has 1 aliphatic heterocycles. The number of carbonyl (C=O) groups excluding carboxylic acids is 1. The monoisotopic (exact) mass is 281 g/mol. The van der Waals surface area contributed by atoms with Gasteiger partial charge in [-0.2, -0.15) is 0 Å². The largest absolute Gasteiger partial charge is 0.457 e. The summed E-state index contributed by atoms with van der Waals surface area (Å²) in [5, 5.41) is 0. The molecule has 1 heterocycles. The summed E-state index contributed by atoms with van der Waals surface area (Å²) in [7, 11) is 0. The summed E-state index contributed by atoms with van der Waals surface area (Å²) < 4.78 is 5.72. The van der Waals surface area contributed by atoms with E-state index in [2.05, 4.69) is 4.90 Å². The number of ether oxygens (including phenoxy) is 1. The molecule has 0 saturated carbocycles. The van der Waals surface area contributed by atoms with Crippen LogP contribution in [0.4, 0.5) is 0 Å². The lowest BCUT2D eigenvalue weighted by Crippen LogP contribution is -2.26. The predicted molar refractivity (Wildman–Crippen MR) is 83.0 cm³/mol. The highest BCUT2D eigenvalue weighted by atomic mass is 16.5. The highest BCUT2D eigenvalue weighted by Gasteiger charge is 2.16. The van der Waals surface area contributed by atoms with Gasteiger partial charge in [-0.1, -0.05) is 18.2 Å². The Hall–Kier alpha value is -2.13. The molecule has 1 saturated heterocycles. The van der Waals surface area contributed by atoms with Gasteiger partial charge in [-0.25, -0.2) is 0 Å². The Kier molecular flexibility index (Phi) is 4.31. The second-order valence-corrected chi connectivity index (χ2v) is 5.35. The van der Waals surface area contributed by atoms with Gasteiger partial charge in [0.25, 0.3) is 0 Å². The van der Waals surface area contributed by atoms with Crippen LogP contribution in [-0.4, -0.2) is 30.3 Å². The molecule has 0 N–H and O–H groups in total. The van der Waals surface area contributed by atoms with Gasteiger partial charge in [-0.15, -0.1) is 0 Å². The van der Waals surface area contributed by atoms with Crippen molar-refractivity contribution in [1.29, 1.82) is 0 Å². The zero-order valence-corrected chi connectivity index (χ0v) is 12.0. The molecule has 3 nitrogen and oxygen atoms in total. The third-order valence-electron chi connectivity index (χ3n) is 3.72. The Bertz CT molecular complexity index is 586. The average molecular weight is 281 g/mol. The lowest BCUT2D eigenvalue weighted by atomic mass is 10.1. The second-order valence-electron chi connectivity index (χ2n) is 5.35. The van der Waals surface area contributed by atoms with Crippen molar-refractivity contribution < 1.29 is 9.53 Å². The Labute approximate surface area is 125 Å². The van der Waals surface area contributed by atoms with Crippen LogP contribution in [0.1, 0.15) is 23.2 Å². The van der Waals surface area contributed by atoms with E-state index in [-0.39, 0.29) is 5.78 Å². The van der Waals surface area contributed by atoms with E-state index >= 15 is 0 Å². The molecular weight excluding hydrogens is 262 g/mol. The number of para-hydroxylation sites is 1. The lowest BCUT2D eigenvalue weighted by molar-refractivity contribution is 0.0945. The summed E-state index contributed by atoms with van der Waals surface area (Å²) in [6, 6.07) is 17.0. The van der Waals surface area contributed by atoms with Crippen LogP contribution in [0, 0.1) is 0 Å². The minimum Gasteiger partial charge on any atom is -0.457 e. The summed E-state index contributed by atoms with van der Waals surface area (Å²) in [5.41, 5.74) is 0.752. The van der Waals surface area contributed by atoms with Crippen LogP contribution in [0.15, 0.2) is 54.6 Å². The fourth-order valence-corrected chi connectivity index (χ4v) is 2.57. The number of likely N-dealkylation sites (tertiary alicyclic amines) is 1. The molecule has 1 fully saturated rings. The van der Waals surface area contributed by atoms with Crippen LogP contribution in [-0.2, 0) is 0 Å². The second kappa shape index (κ2) is 6.55. The quantitative estimate of drug-likeness (QED) is 0.782. The van der Waals surface area contributed by atoms with Crippen LogP contribution in [0.2, 0.25) is 0 Å². The van der Waals surface area contributed by atoms with Crippen LogP contribution < -0.4 is 4.74 Å². The van der Waals surface area contributed by atoms with Gasteiger partial charge in [0.2, 0.25) is 0 Å². The zero-order valence-electron chi connectivity index (χ0n) is 12.0. The normalized spacial score (nSPS) is 15.0. The van der Waals surface area contributed by atoms with Crippen molar-refractivity contribution in [3.05, 3.63) is 60.2 Å². The predicted octanol–water partition coefficient (Wildman–Crippen LogP) is 3.76. The number of hydrogen-bond donors (Lipinski definition) is 0. The highest BCUT2D eigenvalue weighted by molar-refractivity contribution is 5.97. The molecule has 3 heteroatoms. The van der Waals surface area contributed by atoms with Gasteiger partial charge >= 0.3 is 0 Å². The van der Waals surface area contributed by atoms with Gasteiger partial charge < -0.3 is 4.74 Å². The molecule has 3 rings (SSSR count). The summed E-state index contributed by atoms with van der Waals surface area (Å²) in [6.45, 7) is 2.61. The van der Waals surface area contributed by atoms with Gasteiger partial charge in [0.15, 0.2) is 5.78 Å². The third kappa shape index (κ3) is 3.70. The van der Waals surface area contributed by atoms with Crippen LogP contribution >= 0.6 is 0 Å². The van der Waals surface area contributed by atoms with Crippen LogP contribution in [0.25, 0.3) is 0 Å². The van der Waals surface area contributed by atoms with Crippen molar-refractivity contribution >= 4 is 5.78 Å². The number of hydrogen-bond acceptors (Lipinski definition) is 3. The Morgan fingerprint density at radius 3 is 2.19 bits per heavy atom. The summed E-state index contributed by atoms with van der Waals surface area (Å²) in [5.74, 6) is 1.73. The van der Waals surface area contributed by atoms with Gasteiger partial charge in [0.05, 0.1) is 6.54 Å². The molecule has 0 aromatic heterocycles. The van der Waals surface area contributed by atoms with Crippen molar-refractivity contribution in [2.75, 3.05) is 19.6 Å². The zero-order chi connectivity index (χ0) is 14.5. The molecule has 0 spiro atoms. The molecule has 21 heavy (non-hydrogen) atoms. The first-order chi connectivity index (χ1) is 10.3. The van der Waals surface area contributed by atoms with Crippen LogP contribution in [0.3, 0.4) is 0 Å². The topological polar surface area (TPSA) is 29.5 Å². The van der Waals surface area contributed by atoms with E-state index in [1.807, 2.05) is 54.6 Å². The molecule has 0 bridgehead atoms. The molecule has 0 amide bonds. The van der Waals surface area contributed by atoms with Crippen LogP contribution in [0.5, 0.6) is 11.5 Å². The fourth-order valence-electron chi connectivity index (χ4n) is 2.57. The van der Waals surface area contributed by atoms with Crippen molar-refractivity contribution in [2.24, 2.45) is 0 Å². The average Bonchev–Trinajstić information content (AvgIpc) is 3.02. The number of carbonyl (C=O) groups is 1.